The lowest BCUT2D eigenvalue weighted by Gasteiger charge is -2.42. The predicted molar refractivity (Wildman–Crippen MR) is 75.8 cm³/mol. The maximum Gasteiger partial charge on any atom is 0.161 e. The van der Waals surface area contributed by atoms with Crippen molar-refractivity contribution in [2.24, 2.45) is 0 Å². The third-order valence-electron chi connectivity index (χ3n) is 4.47. The first-order valence-electron chi connectivity index (χ1n) is 7.45. The Balaban J connectivity index is 1.66. The number of fused-ring (bicyclic) bond motifs is 1. The van der Waals surface area contributed by atoms with E-state index in [0.29, 0.717) is 5.54 Å². The summed E-state index contributed by atoms with van der Waals surface area (Å²) in [5.74, 6) is 1.78. The van der Waals surface area contributed by atoms with E-state index in [4.69, 9.17) is 9.47 Å². The van der Waals surface area contributed by atoms with E-state index in [2.05, 4.69) is 24.4 Å². The smallest absolute Gasteiger partial charge is 0.161 e. The summed E-state index contributed by atoms with van der Waals surface area (Å²) in [4.78, 5) is 0. The minimum absolute atomic E-state index is 0.393. The largest absolute Gasteiger partial charge is 0.490 e. The maximum absolute atomic E-state index is 5.73. The van der Waals surface area contributed by atoms with Gasteiger partial charge in [-0.15, -0.1) is 0 Å². The molecule has 0 saturated heterocycles. The van der Waals surface area contributed by atoms with Crippen LogP contribution in [0.15, 0.2) is 18.2 Å². The average molecular weight is 261 g/mol. The standard InChI is InChI=1S/C16H23NO2/c1-2-16(7-3-8-16)17-12-13-5-6-14-15(11-13)19-10-4-9-18-14/h5-6,11,17H,2-4,7-10,12H2,1H3. The second-order valence-electron chi connectivity index (χ2n) is 5.67. The van der Waals surface area contributed by atoms with Crippen molar-refractivity contribution in [2.75, 3.05) is 13.2 Å². The fourth-order valence-electron chi connectivity index (χ4n) is 2.87. The van der Waals surface area contributed by atoms with E-state index in [9.17, 15) is 0 Å². The third kappa shape index (κ3) is 2.71. The number of nitrogens with one attached hydrogen (secondary N) is 1. The molecule has 0 radical (unpaired) electrons. The van der Waals surface area contributed by atoms with Crippen LogP contribution in [-0.4, -0.2) is 18.8 Å². The van der Waals surface area contributed by atoms with E-state index < -0.39 is 0 Å². The molecule has 1 aliphatic carbocycles. The summed E-state index contributed by atoms with van der Waals surface area (Å²) in [5.41, 5.74) is 1.67. The molecule has 0 aromatic heterocycles. The average Bonchev–Trinajstić information content (AvgIpc) is 2.62. The Hall–Kier alpha value is -1.22. The number of hydrogen-bond acceptors (Lipinski definition) is 3. The zero-order valence-electron chi connectivity index (χ0n) is 11.7. The second-order valence-corrected chi connectivity index (χ2v) is 5.67. The van der Waals surface area contributed by atoms with Crippen LogP contribution >= 0.6 is 0 Å². The van der Waals surface area contributed by atoms with E-state index >= 15 is 0 Å². The van der Waals surface area contributed by atoms with Crippen LogP contribution in [0.4, 0.5) is 0 Å². The van der Waals surface area contributed by atoms with Crippen LogP contribution in [0.3, 0.4) is 0 Å². The summed E-state index contributed by atoms with van der Waals surface area (Å²) in [6.45, 7) is 4.71. The Bertz CT molecular complexity index is 435. The highest BCUT2D eigenvalue weighted by Gasteiger charge is 2.34. The van der Waals surface area contributed by atoms with Gasteiger partial charge in [-0.3, -0.25) is 0 Å². The van der Waals surface area contributed by atoms with Gasteiger partial charge in [-0.2, -0.15) is 0 Å². The van der Waals surface area contributed by atoms with Crippen molar-refractivity contribution in [2.45, 2.75) is 51.1 Å². The van der Waals surface area contributed by atoms with Gasteiger partial charge in [-0.25, -0.2) is 0 Å². The molecule has 0 bridgehead atoms. The van der Waals surface area contributed by atoms with E-state index in [1.54, 1.807) is 0 Å². The van der Waals surface area contributed by atoms with Gasteiger partial charge in [0.1, 0.15) is 0 Å². The molecule has 0 amide bonds. The fraction of sp³-hybridized carbons (Fsp3) is 0.625. The molecule has 0 atom stereocenters. The molecule has 2 aliphatic rings. The quantitative estimate of drug-likeness (QED) is 0.902. The maximum atomic E-state index is 5.73. The Kier molecular flexibility index (Phi) is 3.65. The zero-order valence-corrected chi connectivity index (χ0v) is 11.7. The molecule has 0 unspecified atom stereocenters. The van der Waals surface area contributed by atoms with Gasteiger partial charge in [0, 0.05) is 18.5 Å². The molecule has 19 heavy (non-hydrogen) atoms. The van der Waals surface area contributed by atoms with Crippen LogP contribution in [0.25, 0.3) is 0 Å². The van der Waals surface area contributed by atoms with Crippen molar-refractivity contribution >= 4 is 0 Å². The van der Waals surface area contributed by atoms with Crippen LogP contribution in [0.1, 0.15) is 44.6 Å². The Morgan fingerprint density at radius 3 is 2.58 bits per heavy atom. The van der Waals surface area contributed by atoms with Gasteiger partial charge >= 0.3 is 0 Å². The summed E-state index contributed by atoms with van der Waals surface area (Å²) < 4.78 is 11.4. The van der Waals surface area contributed by atoms with Crippen LogP contribution in [0.5, 0.6) is 11.5 Å². The van der Waals surface area contributed by atoms with Crippen molar-refractivity contribution < 1.29 is 9.47 Å². The number of rotatable bonds is 4. The minimum atomic E-state index is 0.393. The Morgan fingerprint density at radius 2 is 1.89 bits per heavy atom. The SMILES string of the molecule is CCC1(NCc2ccc3c(c2)OCCCO3)CCC1. The zero-order chi connectivity index (χ0) is 13.1. The molecule has 104 valence electrons. The lowest BCUT2D eigenvalue weighted by atomic mass is 9.75. The van der Waals surface area contributed by atoms with Crippen molar-refractivity contribution in [3.63, 3.8) is 0 Å². The van der Waals surface area contributed by atoms with Gasteiger partial charge in [0.15, 0.2) is 11.5 Å². The number of hydrogen-bond donors (Lipinski definition) is 1. The lowest BCUT2D eigenvalue weighted by Crippen LogP contribution is -2.49. The highest BCUT2D eigenvalue weighted by atomic mass is 16.5. The van der Waals surface area contributed by atoms with Gasteiger partial charge in [-0.05, 0) is 43.4 Å². The monoisotopic (exact) mass is 261 g/mol. The van der Waals surface area contributed by atoms with E-state index in [-0.39, 0.29) is 0 Å². The van der Waals surface area contributed by atoms with Crippen molar-refractivity contribution in [1.82, 2.24) is 5.32 Å². The van der Waals surface area contributed by atoms with Gasteiger partial charge < -0.3 is 14.8 Å². The van der Waals surface area contributed by atoms with Crippen LogP contribution in [-0.2, 0) is 6.54 Å². The van der Waals surface area contributed by atoms with Gasteiger partial charge in [0.25, 0.3) is 0 Å². The van der Waals surface area contributed by atoms with E-state index in [1.165, 1.54) is 31.2 Å². The molecule has 1 aromatic carbocycles. The topological polar surface area (TPSA) is 30.5 Å². The summed E-state index contributed by atoms with van der Waals surface area (Å²) >= 11 is 0. The molecule has 1 N–H and O–H groups in total. The molecule has 1 heterocycles. The Labute approximate surface area is 115 Å². The highest BCUT2D eigenvalue weighted by Crippen LogP contribution is 2.35. The molecule has 1 saturated carbocycles. The first-order chi connectivity index (χ1) is 9.31. The molecule has 3 nitrogen and oxygen atoms in total. The normalized spacial score (nSPS) is 20.5. The summed E-state index contributed by atoms with van der Waals surface area (Å²) in [7, 11) is 0. The number of benzene rings is 1. The number of ether oxygens (including phenoxy) is 2. The van der Waals surface area contributed by atoms with Crippen molar-refractivity contribution in [3.8, 4) is 11.5 Å². The van der Waals surface area contributed by atoms with Gasteiger partial charge in [-0.1, -0.05) is 13.0 Å². The minimum Gasteiger partial charge on any atom is -0.490 e. The van der Waals surface area contributed by atoms with E-state index in [1.807, 2.05) is 6.07 Å². The molecule has 1 aliphatic heterocycles. The van der Waals surface area contributed by atoms with Crippen molar-refractivity contribution in [1.29, 1.82) is 0 Å². The third-order valence-corrected chi connectivity index (χ3v) is 4.47. The summed E-state index contributed by atoms with van der Waals surface area (Å²) in [6.07, 6.45) is 6.17. The molecular formula is C16H23NO2. The van der Waals surface area contributed by atoms with Crippen LogP contribution < -0.4 is 14.8 Å². The first kappa shape index (κ1) is 12.8. The van der Waals surface area contributed by atoms with E-state index in [0.717, 1.165) is 37.7 Å². The van der Waals surface area contributed by atoms with Crippen LogP contribution in [0.2, 0.25) is 0 Å². The molecular weight excluding hydrogens is 238 g/mol. The lowest BCUT2D eigenvalue weighted by molar-refractivity contribution is 0.175. The first-order valence-corrected chi connectivity index (χ1v) is 7.45. The molecule has 1 fully saturated rings. The molecule has 3 heteroatoms. The Morgan fingerprint density at radius 1 is 1.11 bits per heavy atom. The predicted octanol–water partition coefficient (Wildman–Crippen LogP) is 3.27. The summed E-state index contributed by atoms with van der Waals surface area (Å²) in [5, 5.41) is 3.72. The highest BCUT2D eigenvalue weighted by molar-refractivity contribution is 5.43. The second kappa shape index (κ2) is 5.41. The summed E-state index contributed by atoms with van der Waals surface area (Å²) in [6, 6.07) is 6.30. The molecule has 3 rings (SSSR count). The van der Waals surface area contributed by atoms with Crippen LogP contribution in [0, 0.1) is 0 Å². The van der Waals surface area contributed by atoms with Crippen molar-refractivity contribution in [3.05, 3.63) is 23.8 Å². The fourth-order valence-corrected chi connectivity index (χ4v) is 2.87. The molecule has 0 spiro atoms. The molecule has 1 aromatic rings. The van der Waals surface area contributed by atoms with Gasteiger partial charge in [0.2, 0.25) is 0 Å². The van der Waals surface area contributed by atoms with Gasteiger partial charge in [0.05, 0.1) is 13.2 Å².